The van der Waals surface area contributed by atoms with Crippen molar-refractivity contribution in [3.05, 3.63) is 107 Å². The summed E-state index contributed by atoms with van der Waals surface area (Å²) in [7, 11) is 0. The number of rotatable bonds is 13. The number of hydrogen-bond acceptors (Lipinski definition) is 7. The van der Waals surface area contributed by atoms with E-state index in [1.807, 2.05) is 85.8 Å². The van der Waals surface area contributed by atoms with Crippen LogP contribution in [0.5, 0.6) is 0 Å². The molecular weight excluding hydrogens is 620 g/mol. The van der Waals surface area contributed by atoms with Gasteiger partial charge in [-0.2, -0.15) is 5.26 Å². The summed E-state index contributed by atoms with van der Waals surface area (Å²) >= 11 is 0. The van der Waals surface area contributed by atoms with Crippen LogP contribution in [0.15, 0.2) is 84.9 Å². The monoisotopic (exact) mass is 668 g/mol. The van der Waals surface area contributed by atoms with Gasteiger partial charge in [0.2, 0.25) is 11.8 Å². The van der Waals surface area contributed by atoms with Gasteiger partial charge in [-0.05, 0) is 70.2 Å². The molecule has 3 unspecified atom stereocenters. The van der Waals surface area contributed by atoms with Gasteiger partial charge in [-0.3, -0.25) is 9.59 Å². The molecule has 49 heavy (non-hydrogen) atoms. The molecule has 0 saturated heterocycles. The number of hydrogen-bond donors (Lipinski definition) is 2. The molecule has 0 heterocycles. The van der Waals surface area contributed by atoms with E-state index in [4.69, 9.17) is 9.47 Å². The first-order valence-corrected chi connectivity index (χ1v) is 16.5. The van der Waals surface area contributed by atoms with Gasteiger partial charge in [-0.1, -0.05) is 91.9 Å². The van der Waals surface area contributed by atoms with E-state index in [0.717, 1.165) is 28.0 Å². The van der Waals surface area contributed by atoms with Gasteiger partial charge in [0, 0.05) is 12.8 Å². The number of nitrogens with zero attached hydrogens (tertiary/aromatic N) is 2. The van der Waals surface area contributed by atoms with Gasteiger partial charge in [0.1, 0.15) is 35.9 Å². The normalized spacial score (nSPS) is 13.2. The average molecular weight is 669 g/mol. The lowest BCUT2D eigenvalue weighted by Crippen LogP contribution is -2.55. The Morgan fingerprint density at radius 1 is 0.714 bits per heavy atom. The number of nitriles is 1. The summed E-state index contributed by atoms with van der Waals surface area (Å²) in [5.41, 5.74) is 1.30. The summed E-state index contributed by atoms with van der Waals surface area (Å²) in [4.78, 5) is 56.6. The summed E-state index contributed by atoms with van der Waals surface area (Å²) in [5, 5.41) is 15.5. The number of alkyl carbamates (subject to hydrolysis) is 1. The fourth-order valence-corrected chi connectivity index (χ4v) is 5.15. The molecule has 3 amide bonds. The molecular formula is C39H48N4O6. The Balaban J connectivity index is 2.09. The van der Waals surface area contributed by atoms with Crippen molar-refractivity contribution in [2.24, 2.45) is 0 Å². The third-order valence-corrected chi connectivity index (χ3v) is 7.35. The van der Waals surface area contributed by atoms with Gasteiger partial charge in [-0.15, -0.1) is 0 Å². The number of esters is 1. The molecule has 0 saturated carbocycles. The predicted molar refractivity (Wildman–Crippen MR) is 187 cm³/mol. The second-order valence-corrected chi connectivity index (χ2v) is 13.8. The molecule has 0 bridgehead atoms. The minimum absolute atomic E-state index is 0.0680. The van der Waals surface area contributed by atoms with Gasteiger partial charge in [-0.25, -0.2) is 9.59 Å². The molecule has 3 aromatic carbocycles. The number of carbonyl (C=O) groups excluding carboxylic acids is 4. The van der Waals surface area contributed by atoms with E-state index in [2.05, 4.69) is 10.6 Å². The summed E-state index contributed by atoms with van der Waals surface area (Å²) in [6.07, 6.45) is 0.124. The van der Waals surface area contributed by atoms with Crippen LogP contribution in [0.4, 0.5) is 4.79 Å². The van der Waals surface area contributed by atoms with Crippen LogP contribution in [0.25, 0.3) is 0 Å². The maximum Gasteiger partial charge on any atom is 0.408 e. The molecule has 260 valence electrons. The summed E-state index contributed by atoms with van der Waals surface area (Å²) < 4.78 is 11.2. The van der Waals surface area contributed by atoms with Crippen LogP contribution < -0.4 is 10.6 Å². The summed E-state index contributed by atoms with van der Waals surface area (Å²) in [5.74, 6) is -2.00. The molecule has 0 aliphatic rings. The summed E-state index contributed by atoms with van der Waals surface area (Å²) in [6, 6.07) is 23.8. The number of carbonyl (C=O) groups is 4. The zero-order valence-corrected chi connectivity index (χ0v) is 29.5. The average Bonchev–Trinajstić information content (AvgIpc) is 3.03. The van der Waals surface area contributed by atoms with E-state index in [-0.39, 0.29) is 12.8 Å². The summed E-state index contributed by atoms with van der Waals surface area (Å²) in [6.45, 7) is 11.9. The van der Waals surface area contributed by atoms with Crippen LogP contribution >= 0.6 is 0 Å². The lowest BCUT2D eigenvalue weighted by Gasteiger charge is -2.34. The lowest BCUT2D eigenvalue weighted by molar-refractivity contribution is -0.159. The van der Waals surface area contributed by atoms with E-state index in [0.29, 0.717) is 5.56 Å². The largest absolute Gasteiger partial charge is 0.458 e. The second-order valence-electron chi connectivity index (χ2n) is 13.8. The number of aryl methyl sites for hydroxylation is 1. The molecule has 0 fully saturated rings. The zero-order chi connectivity index (χ0) is 36.2. The van der Waals surface area contributed by atoms with Gasteiger partial charge in [0.15, 0.2) is 0 Å². The van der Waals surface area contributed by atoms with Crippen molar-refractivity contribution in [3.63, 3.8) is 0 Å². The van der Waals surface area contributed by atoms with Crippen LogP contribution in [-0.2, 0) is 43.1 Å². The maximum absolute atomic E-state index is 14.5. The molecule has 2 N–H and O–H groups in total. The Morgan fingerprint density at radius 3 is 1.69 bits per heavy atom. The Kier molecular flexibility index (Phi) is 13.5. The second kappa shape index (κ2) is 17.3. The van der Waals surface area contributed by atoms with Gasteiger partial charge < -0.3 is 25.0 Å². The first-order valence-electron chi connectivity index (χ1n) is 16.5. The van der Waals surface area contributed by atoms with Crippen molar-refractivity contribution in [2.45, 2.75) is 97.1 Å². The number of benzene rings is 3. The molecule has 3 atom stereocenters. The highest BCUT2D eigenvalue weighted by Gasteiger charge is 2.38. The van der Waals surface area contributed by atoms with Crippen molar-refractivity contribution < 1.29 is 28.7 Å². The Morgan fingerprint density at radius 2 is 1.22 bits per heavy atom. The first kappa shape index (κ1) is 38.3. The van der Waals surface area contributed by atoms with Gasteiger partial charge in [0.25, 0.3) is 0 Å². The minimum atomic E-state index is -1.34. The van der Waals surface area contributed by atoms with Crippen LogP contribution in [0.2, 0.25) is 0 Å². The van der Waals surface area contributed by atoms with Crippen molar-refractivity contribution >= 4 is 23.9 Å². The third kappa shape index (κ3) is 12.4. The number of ether oxygens (including phenoxy) is 2. The van der Waals surface area contributed by atoms with Gasteiger partial charge in [0.05, 0.1) is 6.07 Å². The molecule has 3 aromatic rings. The standard InChI is InChI=1S/C39H48N4O6/c1-8-27-19-21-30(22-20-27)33(34(44)41-32(36(46)48-38(2,3)4)26-29-17-13-10-14-18-29)43(24-23-40)35(45)31(25-28-15-11-9-12-16-28)42-37(47)49-39(5,6)7/h9-22,31-33H,8,24-26H2,1-7H3,(H,41,44)(H,42,47). The van der Waals surface area contributed by atoms with E-state index in [1.165, 1.54) is 0 Å². The minimum Gasteiger partial charge on any atom is -0.458 e. The number of amides is 3. The first-order chi connectivity index (χ1) is 23.1. The van der Waals surface area contributed by atoms with E-state index >= 15 is 0 Å². The van der Waals surface area contributed by atoms with E-state index in [1.54, 1.807) is 53.7 Å². The van der Waals surface area contributed by atoms with E-state index < -0.39 is 59.7 Å². The molecule has 0 radical (unpaired) electrons. The Bertz CT molecular complexity index is 1590. The van der Waals surface area contributed by atoms with Crippen molar-refractivity contribution in [1.82, 2.24) is 15.5 Å². The van der Waals surface area contributed by atoms with Crippen LogP contribution in [0.3, 0.4) is 0 Å². The molecule has 0 aliphatic heterocycles. The molecule has 10 heteroatoms. The molecule has 0 aromatic heterocycles. The van der Waals surface area contributed by atoms with Crippen LogP contribution in [0, 0.1) is 11.3 Å². The third-order valence-electron chi connectivity index (χ3n) is 7.35. The zero-order valence-electron chi connectivity index (χ0n) is 29.5. The molecule has 0 aliphatic carbocycles. The topological polar surface area (TPSA) is 138 Å². The van der Waals surface area contributed by atoms with Crippen LogP contribution in [0.1, 0.15) is 76.8 Å². The quantitative estimate of drug-likeness (QED) is 0.172. The highest BCUT2D eigenvalue weighted by molar-refractivity contribution is 5.94. The number of nitrogens with one attached hydrogen (secondary N) is 2. The fraction of sp³-hybridized carbons (Fsp3) is 0.410. The SMILES string of the molecule is CCc1ccc(C(C(=O)NC(Cc2ccccc2)C(=O)OC(C)(C)C)N(CC#N)C(=O)C(Cc2ccccc2)NC(=O)OC(C)(C)C)cc1. The van der Waals surface area contributed by atoms with Gasteiger partial charge >= 0.3 is 12.1 Å². The van der Waals surface area contributed by atoms with Crippen molar-refractivity contribution in [1.29, 1.82) is 5.26 Å². The van der Waals surface area contributed by atoms with Crippen LogP contribution in [-0.4, -0.2) is 58.6 Å². The Labute approximate surface area is 289 Å². The molecule has 3 rings (SSSR count). The van der Waals surface area contributed by atoms with Crippen molar-refractivity contribution in [3.8, 4) is 6.07 Å². The predicted octanol–water partition coefficient (Wildman–Crippen LogP) is 5.85. The Hall–Kier alpha value is -5.17. The maximum atomic E-state index is 14.5. The highest BCUT2D eigenvalue weighted by Crippen LogP contribution is 2.25. The van der Waals surface area contributed by atoms with Crippen molar-refractivity contribution in [2.75, 3.05) is 6.54 Å². The molecule has 0 spiro atoms. The smallest absolute Gasteiger partial charge is 0.408 e. The van der Waals surface area contributed by atoms with E-state index in [9.17, 15) is 24.4 Å². The fourth-order valence-electron chi connectivity index (χ4n) is 5.15. The molecule has 10 nitrogen and oxygen atoms in total. The highest BCUT2D eigenvalue weighted by atomic mass is 16.6. The lowest BCUT2D eigenvalue weighted by atomic mass is 9.98.